The highest BCUT2D eigenvalue weighted by Gasteiger charge is 2.09. The number of nitrogens with one attached hydrogen (secondary N) is 1. The number of rotatable bonds is 6. The Kier molecular flexibility index (Phi) is 5.48. The molecule has 0 spiro atoms. The molecule has 0 radical (unpaired) electrons. The highest BCUT2D eigenvalue weighted by Crippen LogP contribution is 2.26. The van der Waals surface area contributed by atoms with E-state index in [1.165, 1.54) is 7.11 Å². The van der Waals surface area contributed by atoms with E-state index in [0.29, 0.717) is 17.9 Å². The molecule has 0 aliphatic rings. The topological polar surface area (TPSA) is 76.4 Å². The molecule has 2 aromatic carbocycles. The Hall–Kier alpha value is -2.93. The van der Waals surface area contributed by atoms with Gasteiger partial charge in [0.15, 0.2) is 16.7 Å². The molecule has 0 bridgehead atoms. The highest BCUT2D eigenvalue weighted by atomic mass is 32.2. The number of carbonyl (C=O) groups excluding carboxylic acids is 1. The number of carbonyl (C=O) groups is 1. The molecular formula is C19H19N3O3S. The fraction of sp³-hybridized carbons (Fsp3) is 0.158. The van der Waals surface area contributed by atoms with Crippen LogP contribution in [0.25, 0.3) is 5.69 Å². The fourth-order valence-electron chi connectivity index (χ4n) is 2.53. The monoisotopic (exact) mass is 369 g/mol. The predicted octanol–water partition coefficient (Wildman–Crippen LogP) is 3.24. The molecule has 1 aromatic heterocycles. The van der Waals surface area contributed by atoms with Gasteiger partial charge >= 0.3 is 0 Å². The Morgan fingerprint density at radius 1 is 1.27 bits per heavy atom. The lowest BCUT2D eigenvalue weighted by molar-refractivity contribution is 0.0951. The quantitative estimate of drug-likeness (QED) is 0.653. The van der Waals surface area contributed by atoms with Crippen LogP contribution in [-0.4, -0.2) is 33.9 Å². The van der Waals surface area contributed by atoms with Gasteiger partial charge in [0.05, 0.1) is 7.11 Å². The van der Waals surface area contributed by atoms with Crippen molar-refractivity contribution in [2.24, 2.45) is 0 Å². The Labute approximate surface area is 155 Å². The first-order valence-electron chi connectivity index (χ1n) is 7.94. The van der Waals surface area contributed by atoms with Crippen LogP contribution in [0.2, 0.25) is 0 Å². The van der Waals surface area contributed by atoms with Crippen LogP contribution in [0, 0.1) is 0 Å². The number of nitrogens with zero attached hydrogens (tertiary/aromatic N) is 2. The van der Waals surface area contributed by atoms with Crippen molar-refractivity contribution in [2.45, 2.75) is 11.7 Å². The number of hydrogen-bond donors (Lipinski definition) is 2. The molecule has 26 heavy (non-hydrogen) atoms. The minimum absolute atomic E-state index is 0.0716. The molecule has 0 saturated heterocycles. The summed E-state index contributed by atoms with van der Waals surface area (Å²) in [6, 6.07) is 12.3. The SMILES string of the molecule is COc1cc(CNC(=O)c2ccc(-n3ccnc3SC)cc2)ccc1O. The maximum Gasteiger partial charge on any atom is 0.251 e. The summed E-state index contributed by atoms with van der Waals surface area (Å²) in [5.41, 5.74) is 2.37. The number of ether oxygens (including phenoxy) is 1. The van der Waals surface area contributed by atoms with Gasteiger partial charge in [-0.25, -0.2) is 4.98 Å². The number of amides is 1. The molecule has 1 heterocycles. The average Bonchev–Trinajstić information content (AvgIpc) is 3.16. The van der Waals surface area contributed by atoms with Gasteiger partial charge < -0.3 is 15.2 Å². The van der Waals surface area contributed by atoms with E-state index in [1.807, 2.05) is 29.2 Å². The number of aromatic hydroxyl groups is 1. The zero-order valence-electron chi connectivity index (χ0n) is 14.5. The van der Waals surface area contributed by atoms with Crippen LogP contribution < -0.4 is 10.1 Å². The molecule has 3 rings (SSSR count). The van der Waals surface area contributed by atoms with Gasteiger partial charge in [0.25, 0.3) is 5.91 Å². The molecule has 3 aromatic rings. The van der Waals surface area contributed by atoms with Crippen molar-refractivity contribution in [1.82, 2.24) is 14.9 Å². The molecule has 0 aliphatic carbocycles. The second-order valence-electron chi connectivity index (χ2n) is 5.52. The van der Waals surface area contributed by atoms with E-state index in [1.54, 1.807) is 48.3 Å². The Balaban J connectivity index is 1.67. The first kappa shape index (κ1) is 17.9. The van der Waals surface area contributed by atoms with Gasteiger partial charge in [0.2, 0.25) is 0 Å². The van der Waals surface area contributed by atoms with Gasteiger partial charge in [-0.05, 0) is 48.2 Å². The number of methoxy groups -OCH3 is 1. The van der Waals surface area contributed by atoms with Crippen LogP contribution in [0.3, 0.4) is 0 Å². The van der Waals surface area contributed by atoms with Crippen molar-refractivity contribution in [3.8, 4) is 17.2 Å². The van der Waals surface area contributed by atoms with Crippen molar-refractivity contribution >= 4 is 17.7 Å². The fourth-order valence-corrected chi connectivity index (χ4v) is 3.06. The van der Waals surface area contributed by atoms with Crippen molar-refractivity contribution in [2.75, 3.05) is 13.4 Å². The number of thioether (sulfide) groups is 1. The second-order valence-corrected chi connectivity index (χ2v) is 6.29. The van der Waals surface area contributed by atoms with Gasteiger partial charge in [-0.2, -0.15) is 0 Å². The van der Waals surface area contributed by atoms with E-state index < -0.39 is 0 Å². The second kappa shape index (κ2) is 7.97. The van der Waals surface area contributed by atoms with Crippen LogP contribution in [0.15, 0.2) is 60.0 Å². The number of aromatic nitrogens is 2. The van der Waals surface area contributed by atoms with Crippen LogP contribution in [0.1, 0.15) is 15.9 Å². The summed E-state index contributed by atoms with van der Waals surface area (Å²) < 4.78 is 7.04. The molecule has 0 atom stereocenters. The van der Waals surface area contributed by atoms with E-state index in [0.717, 1.165) is 16.4 Å². The summed E-state index contributed by atoms with van der Waals surface area (Å²) in [5, 5.41) is 13.4. The van der Waals surface area contributed by atoms with E-state index >= 15 is 0 Å². The van der Waals surface area contributed by atoms with Crippen LogP contribution in [0.4, 0.5) is 0 Å². The molecule has 0 saturated carbocycles. The van der Waals surface area contributed by atoms with E-state index in [4.69, 9.17) is 4.74 Å². The van der Waals surface area contributed by atoms with Gasteiger partial charge in [-0.1, -0.05) is 17.8 Å². The highest BCUT2D eigenvalue weighted by molar-refractivity contribution is 7.98. The van der Waals surface area contributed by atoms with Gasteiger partial charge in [0.1, 0.15) is 0 Å². The number of phenols is 1. The molecular weight excluding hydrogens is 350 g/mol. The largest absolute Gasteiger partial charge is 0.504 e. The first-order valence-corrected chi connectivity index (χ1v) is 9.16. The lowest BCUT2D eigenvalue weighted by Gasteiger charge is -2.09. The summed E-state index contributed by atoms with van der Waals surface area (Å²) in [6.07, 6.45) is 5.61. The van der Waals surface area contributed by atoms with Crippen molar-refractivity contribution in [1.29, 1.82) is 0 Å². The Morgan fingerprint density at radius 2 is 2.04 bits per heavy atom. The van der Waals surface area contributed by atoms with Crippen LogP contribution in [0.5, 0.6) is 11.5 Å². The summed E-state index contributed by atoms with van der Waals surface area (Å²) in [7, 11) is 1.49. The smallest absolute Gasteiger partial charge is 0.251 e. The maximum absolute atomic E-state index is 12.3. The zero-order valence-corrected chi connectivity index (χ0v) is 15.3. The van der Waals surface area contributed by atoms with E-state index in [-0.39, 0.29) is 11.7 Å². The summed E-state index contributed by atoms with van der Waals surface area (Å²) in [4.78, 5) is 16.6. The third-order valence-corrected chi connectivity index (χ3v) is 4.56. The van der Waals surface area contributed by atoms with Gasteiger partial charge in [-0.15, -0.1) is 0 Å². The van der Waals surface area contributed by atoms with E-state index in [2.05, 4.69) is 10.3 Å². The van der Waals surface area contributed by atoms with Crippen LogP contribution >= 0.6 is 11.8 Å². The first-order chi connectivity index (χ1) is 12.6. The maximum atomic E-state index is 12.3. The molecule has 0 fully saturated rings. The molecule has 1 amide bonds. The normalized spacial score (nSPS) is 10.5. The number of phenolic OH excluding ortho intramolecular Hbond substituents is 1. The molecule has 7 heteroatoms. The summed E-state index contributed by atoms with van der Waals surface area (Å²) in [6.45, 7) is 0.343. The van der Waals surface area contributed by atoms with Crippen LogP contribution in [-0.2, 0) is 6.54 Å². The standard InChI is InChI=1S/C19H19N3O3S/c1-25-17-11-13(3-8-16(17)23)12-21-18(24)14-4-6-15(7-5-14)22-10-9-20-19(22)26-2/h3-11,23H,12H2,1-2H3,(H,21,24). The minimum Gasteiger partial charge on any atom is -0.504 e. The van der Waals surface area contributed by atoms with Crippen molar-refractivity contribution < 1.29 is 14.6 Å². The molecule has 134 valence electrons. The molecule has 0 unspecified atom stereocenters. The number of imidazole rings is 1. The van der Waals surface area contributed by atoms with E-state index in [9.17, 15) is 9.90 Å². The Bertz CT molecular complexity index is 907. The molecule has 2 N–H and O–H groups in total. The van der Waals surface area contributed by atoms with Gasteiger partial charge in [-0.3, -0.25) is 9.36 Å². The summed E-state index contributed by atoms with van der Waals surface area (Å²) in [5.74, 6) is 0.285. The lowest BCUT2D eigenvalue weighted by atomic mass is 10.1. The van der Waals surface area contributed by atoms with Crippen molar-refractivity contribution in [3.63, 3.8) is 0 Å². The number of hydrogen-bond acceptors (Lipinski definition) is 5. The Morgan fingerprint density at radius 3 is 2.73 bits per heavy atom. The number of benzene rings is 2. The third kappa shape index (κ3) is 3.83. The third-order valence-electron chi connectivity index (χ3n) is 3.89. The molecule has 6 nitrogen and oxygen atoms in total. The van der Waals surface area contributed by atoms with Gasteiger partial charge in [0, 0.05) is 30.2 Å². The lowest BCUT2D eigenvalue weighted by Crippen LogP contribution is -2.22. The van der Waals surface area contributed by atoms with Crippen molar-refractivity contribution in [3.05, 3.63) is 66.0 Å². The molecule has 0 aliphatic heterocycles. The predicted molar refractivity (Wildman–Crippen MR) is 101 cm³/mol. The minimum atomic E-state index is -0.167. The average molecular weight is 369 g/mol. The zero-order chi connectivity index (χ0) is 18.5. The summed E-state index contributed by atoms with van der Waals surface area (Å²) >= 11 is 1.56.